The van der Waals surface area contributed by atoms with E-state index in [4.69, 9.17) is 14.2 Å². The molecule has 2 aromatic rings. The molecule has 0 spiro atoms. The minimum Gasteiger partial charge on any atom is -0.478 e. The van der Waals surface area contributed by atoms with Crippen LogP contribution in [0.4, 0.5) is 14.5 Å². The average molecular weight is 463 g/mol. The third-order valence-electron chi connectivity index (χ3n) is 5.70. The first-order valence-electron chi connectivity index (χ1n) is 11.6. The van der Waals surface area contributed by atoms with Crippen molar-refractivity contribution in [2.75, 3.05) is 38.3 Å². The molecule has 0 unspecified atom stereocenters. The molecule has 6 nitrogen and oxygen atoms in total. The van der Waals surface area contributed by atoms with Crippen molar-refractivity contribution in [1.82, 2.24) is 4.98 Å². The number of ether oxygens (including phenoxy) is 3. The smallest absolute Gasteiger partial charge is 0.310 e. The minimum absolute atomic E-state index is 0.148. The molecule has 0 bridgehead atoms. The fourth-order valence-corrected chi connectivity index (χ4v) is 3.79. The summed E-state index contributed by atoms with van der Waals surface area (Å²) in [5, 5.41) is 0. The number of carbonyl (C=O) groups excluding carboxylic acids is 1. The van der Waals surface area contributed by atoms with Crippen molar-refractivity contribution < 1.29 is 27.8 Å². The average Bonchev–Trinajstić information content (AvgIpc) is 3.30. The number of halogens is 2. The van der Waals surface area contributed by atoms with Crippen LogP contribution in [-0.4, -0.2) is 44.4 Å². The first-order valence-corrected chi connectivity index (χ1v) is 11.6. The van der Waals surface area contributed by atoms with Gasteiger partial charge in [-0.05, 0) is 37.5 Å². The molecule has 0 amide bonds. The molecular formula is C25H32F2N2O4. The second-order valence-corrected chi connectivity index (χ2v) is 8.15. The Balaban J connectivity index is 1.88. The second kappa shape index (κ2) is 11.8. The van der Waals surface area contributed by atoms with Crippen molar-refractivity contribution >= 4 is 11.7 Å². The van der Waals surface area contributed by atoms with E-state index in [0.717, 1.165) is 25.7 Å². The lowest BCUT2D eigenvalue weighted by atomic mass is 10.0. The van der Waals surface area contributed by atoms with Gasteiger partial charge in [0.05, 0.1) is 37.4 Å². The Morgan fingerprint density at radius 1 is 1.09 bits per heavy atom. The van der Waals surface area contributed by atoms with Gasteiger partial charge in [0.2, 0.25) is 11.8 Å². The quantitative estimate of drug-likeness (QED) is 0.330. The molecule has 33 heavy (non-hydrogen) atoms. The fraction of sp³-hybridized carbons (Fsp3) is 0.520. The molecule has 8 heteroatoms. The van der Waals surface area contributed by atoms with Gasteiger partial charge in [-0.1, -0.05) is 26.7 Å². The normalized spacial score (nSPS) is 15.5. The number of anilines is 1. The molecule has 3 rings (SSSR count). The van der Waals surface area contributed by atoms with Gasteiger partial charge in [0.25, 0.3) is 0 Å². The lowest BCUT2D eigenvalue weighted by Gasteiger charge is -2.20. The summed E-state index contributed by atoms with van der Waals surface area (Å²) in [5.41, 5.74) is 0.437. The number of benzene rings is 1. The first kappa shape index (κ1) is 24.7. The van der Waals surface area contributed by atoms with Crippen molar-refractivity contribution in [3.63, 3.8) is 0 Å². The van der Waals surface area contributed by atoms with Crippen molar-refractivity contribution in [3.8, 4) is 22.9 Å². The molecule has 1 atom stereocenters. The number of unbranched alkanes of at least 4 members (excludes halogenated alkanes) is 2. The molecule has 0 aliphatic carbocycles. The number of aromatic nitrogens is 1. The Bertz CT molecular complexity index is 931. The van der Waals surface area contributed by atoms with E-state index in [9.17, 15) is 4.79 Å². The van der Waals surface area contributed by atoms with E-state index in [1.807, 2.05) is 6.92 Å². The predicted molar refractivity (Wildman–Crippen MR) is 123 cm³/mol. The zero-order valence-corrected chi connectivity index (χ0v) is 19.5. The van der Waals surface area contributed by atoms with Gasteiger partial charge in [-0.2, -0.15) is 4.98 Å². The van der Waals surface area contributed by atoms with Crippen LogP contribution in [0.1, 0.15) is 46.0 Å². The Hall–Kier alpha value is -2.90. The minimum atomic E-state index is -0.715. The van der Waals surface area contributed by atoms with E-state index in [1.165, 1.54) is 19.2 Å². The van der Waals surface area contributed by atoms with Crippen LogP contribution >= 0.6 is 0 Å². The van der Waals surface area contributed by atoms with Crippen LogP contribution in [0.25, 0.3) is 11.1 Å². The Labute approximate surface area is 193 Å². The molecule has 180 valence electrons. The summed E-state index contributed by atoms with van der Waals surface area (Å²) in [4.78, 5) is 18.0. The molecule has 1 saturated heterocycles. The zero-order chi connectivity index (χ0) is 23.8. The molecule has 1 aliphatic heterocycles. The molecule has 1 aromatic heterocycles. The number of nitrogens with zero attached hydrogens (tertiary/aromatic N) is 2. The summed E-state index contributed by atoms with van der Waals surface area (Å²) in [6, 6.07) is 5.77. The molecule has 0 radical (unpaired) electrons. The molecular weight excluding hydrogens is 430 g/mol. The maximum atomic E-state index is 15.2. The van der Waals surface area contributed by atoms with Crippen LogP contribution in [0.15, 0.2) is 24.3 Å². The molecule has 1 aromatic carbocycles. The largest absolute Gasteiger partial charge is 0.478 e. The van der Waals surface area contributed by atoms with Crippen LogP contribution in [0.3, 0.4) is 0 Å². The number of hydrogen-bond donors (Lipinski definition) is 0. The lowest BCUT2D eigenvalue weighted by molar-refractivity contribution is -0.144. The molecule has 1 fully saturated rings. The highest BCUT2D eigenvalue weighted by molar-refractivity contribution is 5.75. The van der Waals surface area contributed by atoms with E-state index in [2.05, 4.69) is 11.9 Å². The van der Waals surface area contributed by atoms with Crippen LogP contribution in [0.5, 0.6) is 11.8 Å². The SMILES string of the molecule is CCCCOc1ccc(-c2c(F)cc(N3CC[C@@H](C(=O)OC)C3)cc2F)c(OCCCC)n1. The fourth-order valence-electron chi connectivity index (χ4n) is 3.79. The molecule has 2 heterocycles. The Kier molecular flexibility index (Phi) is 8.86. The summed E-state index contributed by atoms with van der Waals surface area (Å²) < 4.78 is 46.7. The predicted octanol–water partition coefficient (Wildman–Crippen LogP) is 5.38. The number of carbonyl (C=O) groups is 1. The van der Waals surface area contributed by atoms with Crippen LogP contribution in [0, 0.1) is 17.6 Å². The number of esters is 1. The van der Waals surface area contributed by atoms with Crippen LogP contribution < -0.4 is 14.4 Å². The van der Waals surface area contributed by atoms with Crippen LogP contribution in [-0.2, 0) is 9.53 Å². The summed E-state index contributed by atoms with van der Waals surface area (Å²) >= 11 is 0. The molecule has 0 saturated carbocycles. The Morgan fingerprint density at radius 3 is 2.39 bits per heavy atom. The number of hydrogen-bond acceptors (Lipinski definition) is 6. The highest BCUT2D eigenvalue weighted by atomic mass is 19.1. The number of methoxy groups -OCH3 is 1. The van der Waals surface area contributed by atoms with Gasteiger partial charge in [0, 0.05) is 24.8 Å². The van der Waals surface area contributed by atoms with Crippen molar-refractivity contribution in [3.05, 3.63) is 35.9 Å². The van der Waals surface area contributed by atoms with Gasteiger partial charge in [-0.15, -0.1) is 0 Å². The summed E-state index contributed by atoms with van der Waals surface area (Å²) in [7, 11) is 1.34. The molecule has 0 N–H and O–H groups in total. The van der Waals surface area contributed by atoms with Crippen LogP contribution in [0.2, 0.25) is 0 Å². The topological polar surface area (TPSA) is 60.9 Å². The second-order valence-electron chi connectivity index (χ2n) is 8.15. The van der Waals surface area contributed by atoms with E-state index in [-0.39, 0.29) is 28.9 Å². The van der Waals surface area contributed by atoms with Gasteiger partial charge in [0.15, 0.2) is 0 Å². The van der Waals surface area contributed by atoms with Gasteiger partial charge < -0.3 is 19.1 Å². The van der Waals surface area contributed by atoms with Gasteiger partial charge in [-0.25, -0.2) is 8.78 Å². The van der Waals surface area contributed by atoms with E-state index >= 15 is 8.78 Å². The van der Waals surface area contributed by atoms with Gasteiger partial charge in [-0.3, -0.25) is 4.79 Å². The summed E-state index contributed by atoms with van der Waals surface area (Å²) in [6.45, 7) is 5.88. The maximum absolute atomic E-state index is 15.2. The highest BCUT2D eigenvalue weighted by Crippen LogP contribution is 2.37. The summed E-state index contributed by atoms with van der Waals surface area (Å²) in [6.07, 6.45) is 4.16. The van der Waals surface area contributed by atoms with E-state index in [0.29, 0.717) is 44.3 Å². The lowest BCUT2D eigenvalue weighted by Crippen LogP contribution is -2.23. The number of rotatable bonds is 11. The monoisotopic (exact) mass is 462 g/mol. The number of pyridine rings is 1. The zero-order valence-electron chi connectivity index (χ0n) is 19.5. The van der Waals surface area contributed by atoms with Crippen molar-refractivity contribution in [2.24, 2.45) is 5.92 Å². The third-order valence-corrected chi connectivity index (χ3v) is 5.70. The maximum Gasteiger partial charge on any atom is 0.310 e. The third kappa shape index (κ3) is 6.12. The van der Waals surface area contributed by atoms with Crippen molar-refractivity contribution in [2.45, 2.75) is 46.0 Å². The van der Waals surface area contributed by atoms with Gasteiger partial charge in [0.1, 0.15) is 11.6 Å². The molecule has 1 aliphatic rings. The summed E-state index contributed by atoms with van der Waals surface area (Å²) in [5.74, 6) is -1.53. The van der Waals surface area contributed by atoms with Gasteiger partial charge >= 0.3 is 5.97 Å². The standard InChI is InChI=1S/C25H32F2N2O4/c1-4-6-12-32-22-9-8-19(24(28-22)33-13-7-5-2)23-20(26)14-18(15-21(23)27)29-11-10-17(16-29)25(30)31-3/h8-9,14-15,17H,4-7,10-13,16H2,1-3H3/t17-/m1/s1. The highest BCUT2D eigenvalue weighted by Gasteiger charge is 2.30. The van der Waals surface area contributed by atoms with E-state index in [1.54, 1.807) is 17.0 Å². The van der Waals surface area contributed by atoms with E-state index < -0.39 is 11.6 Å². The first-order chi connectivity index (χ1) is 16.0. The van der Waals surface area contributed by atoms with Crippen molar-refractivity contribution in [1.29, 1.82) is 0 Å². The Morgan fingerprint density at radius 2 is 1.76 bits per heavy atom.